The molecule has 1 unspecified atom stereocenters. The maximum Gasteiger partial charge on any atom is 0.231 e. The number of Topliss-reactive ketones (excluding diaryl/α,β-unsaturated/α-hetero) is 2. The van der Waals surface area contributed by atoms with Crippen LogP contribution in [0, 0.1) is 5.92 Å². The number of halogens is 1. The number of thioether (sulfide) groups is 1. The SMILES string of the molecule is O=C1C(=O)C(CCBr)C=C2Sc3ccccc3N=C3C=C/C3=C\12. The fraction of sp³-hybridized carbons (Fsp3) is 0.167. The van der Waals surface area contributed by atoms with Gasteiger partial charge in [-0.1, -0.05) is 45.9 Å². The molecule has 0 saturated heterocycles. The molecule has 3 nitrogen and oxygen atoms in total. The van der Waals surface area contributed by atoms with Crippen molar-refractivity contribution in [3.8, 4) is 0 Å². The fourth-order valence-electron chi connectivity index (χ4n) is 2.85. The largest absolute Gasteiger partial charge is 0.290 e. The van der Waals surface area contributed by atoms with E-state index in [1.165, 1.54) is 11.8 Å². The number of fused-ring (bicyclic) bond motifs is 3. The Morgan fingerprint density at radius 1 is 1.17 bits per heavy atom. The predicted octanol–water partition coefficient (Wildman–Crippen LogP) is 4.17. The van der Waals surface area contributed by atoms with E-state index in [1.54, 1.807) is 0 Å². The Kier molecular flexibility index (Phi) is 3.70. The molecule has 1 heterocycles. The molecule has 2 aliphatic carbocycles. The van der Waals surface area contributed by atoms with E-state index in [0.717, 1.165) is 26.8 Å². The van der Waals surface area contributed by atoms with E-state index in [1.807, 2.05) is 42.5 Å². The average molecular weight is 386 g/mol. The molecule has 1 aromatic carbocycles. The summed E-state index contributed by atoms with van der Waals surface area (Å²) in [6.45, 7) is 0. The Morgan fingerprint density at radius 3 is 2.74 bits per heavy atom. The highest BCUT2D eigenvalue weighted by Crippen LogP contribution is 2.45. The van der Waals surface area contributed by atoms with Crippen LogP contribution in [0.3, 0.4) is 0 Å². The van der Waals surface area contributed by atoms with Crippen LogP contribution in [-0.4, -0.2) is 22.6 Å². The van der Waals surface area contributed by atoms with Gasteiger partial charge in [-0.05, 0) is 30.7 Å². The third-order valence-electron chi connectivity index (χ3n) is 4.09. The van der Waals surface area contributed by atoms with E-state index < -0.39 is 0 Å². The number of para-hydroxylation sites is 1. The number of carbonyl (C=O) groups is 2. The van der Waals surface area contributed by atoms with Crippen LogP contribution in [0.5, 0.6) is 0 Å². The van der Waals surface area contributed by atoms with Crippen LogP contribution in [0.2, 0.25) is 0 Å². The summed E-state index contributed by atoms with van der Waals surface area (Å²) < 4.78 is 0. The van der Waals surface area contributed by atoms with E-state index in [-0.39, 0.29) is 17.5 Å². The van der Waals surface area contributed by atoms with Crippen molar-refractivity contribution in [2.45, 2.75) is 11.3 Å². The second-order valence-electron chi connectivity index (χ2n) is 5.50. The second-order valence-corrected chi connectivity index (χ2v) is 7.37. The number of rotatable bonds is 2. The van der Waals surface area contributed by atoms with Gasteiger partial charge < -0.3 is 0 Å². The Balaban J connectivity index is 1.93. The van der Waals surface area contributed by atoms with Crippen molar-refractivity contribution in [1.29, 1.82) is 0 Å². The zero-order chi connectivity index (χ0) is 16.0. The van der Waals surface area contributed by atoms with Gasteiger partial charge in [0.1, 0.15) is 0 Å². The van der Waals surface area contributed by atoms with Crippen molar-refractivity contribution >= 4 is 50.7 Å². The van der Waals surface area contributed by atoms with Gasteiger partial charge in [0.2, 0.25) is 11.6 Å². The normalized spacial score (nSPS) is 25.3. The standard InChI is InChI=1S/C18H12BrNO2S/c19-8-7-10-9-15-16(18(22)17(10)21)11-5-6-12(11)20-13-3-1-2-4-14(13)23-15/h1-6,9-10H,7-8H2/b16-11+,20-12?. The molecule has 0 amide bonds. The Bertz CT molecular complexity index is 864. The molecule has 0 radical (unpaired) electrons. The summed E-state index contributed by atoms with van der Waals surface area (Å²) >= 11 is 4.89. The molecule has 0 spiro atoms. The molecular formula is C18H12BrNO2S. The van der Waals surface area contributed by atoms with E-state index in [9.17, 15) is 9.59 Å². The Labute approximate surface area is 146 Å². The average Bonchev–Trinajstić information content (AvgIpc) is 2.53. The number of ketones is 2. The molecule has 1 aromatic rings. The van der Waals surface area contributed by atoms with Gasteiger partial charge in [-0.2, -0.15) is 0 Å². The first-order valence-electron chi connectivity index (χ1n) is 7.34. The van der Waals surface area contributed by atoms with Gasteiger partial charge in [0.15, 0.2) is 0 Å². The third kappa shape index (κ3) is 2.39. The summed E-state index contributed by atoms with van der Waals surface area (Å²) in [5, 5.41) is 0.695. The molecule has 0 N–H and O–H groups in total. The van der Waals surface area contributed by atoms with Crippen molar-refractivity contribution < 1.29 is 9.59 Å². The maximum absolute atomic E-state index is 12.6. The molecule has 5 heteroatoms. The number of hydrogen-bond donors (Lipinski definition) is 0. The molecule has 0 fully saturated rings. The first-order chi connectivity index (χ1) is 11.2. The lowest BCUT2D eigenvalue weighted by atomic mass is 9.82. The van der Waals surface area contributed by atoms with Crippen LogP contribution in [0.25, 0.3) is 0 Å². The number of nitrogens with zero attached hydrogens (tertiary/aromatic N) is 1. The van der Waals surface area contributed by atoms with E-state index in [4.69, 9.17) is 0 Å². The summed E-state index contributed by atoms with van der Waals surface area (Å²) in [4.78, 5) is 31.5. The highest BCUT2D eigenvalue weighted by atomic mass is 79.9. The molecule has 0 bridgehead atoms. The van der Waals surface area contributed by atoms with Gasteiger partial charge in [0.05, 0.1) is 11.4 Å². The van der Waals surface area contributed by atoms with E-state index in [2.05, 4.69) is 20.9 Å². The first kappa shape index (κ1) is 14.8. The van der Waals surface area contributed by atoms with Gasteiger partial charge in [-0.25, -0.2) is 4.99 Å². The van der Waals surface area contributed by atoms with Crippen LogP contribution < -0.4 is 0 Å². The molecule has 114 valence electrons. The fourth-order valence-corrected chi connectivity index (χ4v) is 4.48. The summed E-state index contributed by atoms with van der Waals surface area (Å²) in [6.07, 6.45) is 6.33. The molecule has 0 saturated carbocycles. The third-order valence-corrected chi connectivity index (χ3v) is 5.67. The highest BCUT2D eigenvalue weighted by molar-refractivity contribution is 9.09. The minimum Gasteiger partial charge on any atom is -0.290 e. The summed E-state index contributed by atoms with van der Waals surface area (Å²) in [6, 6.07) is 7.88. The number of benzene rings is 1. The molecule has 1 aliphatic heterocycles. The second kappa shape index (κ2) is 5.73. The zero-order valence-corrected chi connectivity index (χ0v) is 14.5. The lowest BCUT2D eigenvalue weighted by molar-refractivity contribution is -0.136. The van der Waals surface area contributed by atoms with Crippen LogP contribution >= 0.6 is 27.7 Å². The smallest absolute Gasteiger partial charge is 0.231 e. The summed E-state index contributed by atoms with van der Waals surface area (Å²) in [5.74, 6) is -1.04. The van der Waals surface area contributed by atoms with Gasteiger partial charge in [0.25, 0.3) is 0 Å². The highest BCUT2D eigenvalue weighted by Gasteiger charge is 2.37. The Hall–Kier alpha value is -1.72. The zero-order valence-electron chi connectivity index (χ0n) is 12.1. The predicted molar refractivity (Wildman–Crippen MR) is 95.6 cm³/mol. The van der Waals surface area contributed by atoms with Crippen molar-refractivity contribution in [1.82, 2.24) is 0 Å². The van der Waals surface area contributed by atoms with Gasteiger partial charge in [-0.3, -0.25) is 9.59 Å². The van der Waals surface area contributed by atoms with Gasteiger partial charge in [0, 0.05) is 32.2 Å². The molecule has 4 rings (SSSR count). The number of aliphatic imine (C=N–C) groups is 1. The van der Waals surface area contributed by atoms with Crippen molar-refractivity contribution in [3.63, 3.8) is 0 Å². The summed E-state index contributed by atoms with van der Waals surface area (Å²) in [7, 11) is 0. The monoisotopic (exact) mass is 385 g/mol. The number of allylic oxidation sites excluding steroid dienone is 5. The number of alkyl halides is 1. The minimum atomic E-state index is -0.382. The maximum atomic E-state index is 12.6. The first-order valence-corrected chi connectivity index (χ1v) is 9.28. The number of hydrogen-bond acceptors (Lipinski definition) is 4. The molecule has 23 heavy (non-hydrogen) atoms. The van der Waals surface area contributed by atoms with Crippen molar-refractivity contribution in [2.75, 3.05) is 5.33 Å². The Morgan fingerprint density at radius 2 is 2.00 bits per heavy atom. The molecule has 3 aliphatic rings. The van der Waals surface area contributed by atoms with Gasteiger partial charge >= 0.3 is 0 Å². The van der Waals surface area contributed by atoms with Crippen LogP contribution in [0.15, 0.2) is 68.4 Å². The summed E-state index contributed by atoms with van der Waals surface area (Å²) in [5.41, 5.74) is 2.98. The van der Waals surface area contributed by atoms with Gasteiger partial charge in [-0.15, -0.1) is 0 Å². The molecule has 1 atom stereocenters. The van der Waals surface area contributed by atoms with Crippen molar-refractivity contribution in [3.05, 3.63) is 58.5 Å². The lowest BCUT2D eigenvalue weighted by Gasteiger charge is -2.27. The van der Waals surface area contributed by atoms with E-state index >= 15 is 0 Å². The minimum absolute atomic E-state index is 0.315. The quantitative estimate of drug-likeness (QED) is 0.566. The lowest BCUT2D eigenvalue weighted by Crippen LogP contribution is -2.31. The molecular weight excluding hydrogens is 374 g/mol. The van der Waals surface area contributed by atoms with Crippen LogP contribution in [0.4, 0.5) is 5.69 Å². The van der Waals surface area contributed by atoms with Crippen LogP contribution in [0.1, 0.15) is 6.42 Å². The molecule has 0 aromatic heterocycles. The topological polar surface area (TPSA) is 46.5 Å². The number of carbonyl (C=O) groups excluding carboxylic acids is 2. The van der Waals surface area contributed by atoms with Crippen molar-refractivity contribution in [2.24, 2.45) is 10.9 Å². The van der Waals surface area contributed by atoms with E-state index in [0.29, 0.717) is 17.3 Å². The van der Waals surface area contributed by atoms with Crippen LogP contribution in [-0.2, 0) is 9.59 Å².